The largest absolute Gasteiger partial charge is 0.322 e. The molecule has 9 heteroatoms. The molecular weight excluding hydrogens is 434 g/mol. The zero-order chi connectivity index (χ0) is 21.8. The van der Waals surface area contributed by atoms with Gasteiger partial charge in [0.05, 0.1) is 27.3 Å². The average Bonchev–Trinajstić information content (AvgIpc) is 3.22. The third-order valence-corrected chi connectivity index (χ3v) is 6.25. The second-order valence-corrected chi connectivity index (χ2v) is 8.53. The number of aryl methyl sites for hydroxylation is 1. The molecule has 2 heterocycles. The van der Waals surface area contributed by atoms with Crippen LogP contribution in [-0.2, 0) is 23.6 Å². The van der Waals surface area contributed by atoms with Crippen molar-refractivity contribution in [2.45, 2.75) is 10.9 Å². The van der Waals surface area contributed by atoms with E-state index in [0.717, 1.165) is 16.8 Å². The molecule has 156 valence electrons. The van der Waals surface area contributed by atoms with Gasteiger partial charge in [-0.05, 0) is 48.0 Å². The van der Waals surface area contributed by atoms with Crippen LogP contribution in [0.4, 0.5) is 5.69 Å². The summed E-state index contributed by atoms with van der Waals surface area (Å²) in [6.07, 6.45) is 3.20. The minimum Gasteiger partial charge on any atom is -0.322 e. The number of benzene rings is 2. The highest BCUT2D eigenvalue weighted by molar-refractivity contribution is 7.84. The minimum absolute atomic E-state index is 0.254. The van der Waals surface area contributed by atoms with Gasteiger partial charge >= 0.3 is 0 Å². The first-order valence-electron chi connectivity index (χ1n) is 9.35. The topological polar surface area (TPSA) is 89.8 Å². The molecule has 4 rings (SSSR count). The summed E-state index contributed by atoms with van der Waals surface area (Å²) in [7, 11) is 0.430. The molecule has 31 heavy (non-hydrogen) atoms. The van der Waals surface area contributed by atoms with Gasteiger partial charge in [0.2, 0.25) is 5.16 Å². The SMILES string of the molecule is Cn1cnnc1S(=O)Cc1ccc(C(=O)Nc2ccc(Cl)c(-c3ccccn3)c2)cc1. The fraction of sp³-hybridized carbons (Fsp3) is 0.0909. The van der Waals surface area contributed by atoms with Gasteiger partial charge in [0, 0.05) is 30.1 Å². The smallest absolute Gasteiger partial charge is 0.255 e. The third kappa shape index (κ3) is 4.87. The number of amides is 1. The number of hydrogen-bond donors (Lipinski definition) is 1. The van der Waals surface area contributed by atoms with Gasteiger partial charge in [-0.2, -0.15) is 0 Å². The van der Waals surface area contributed by atoms with Gasteiger partial charge in [0.15, 0.2) is 0 Å². The number of halogens is 1. The molecule has 0 aliphatic carbocycles. The van der Waals surface area contributed by atoms with Crippen LogP contribution >= 0.6 is 11.6 Å². The molecule has 1 N–H and O–H groups in total. The normalized spacial score (nSPS) is 11.8. The van der Waals surface area contributed by atoms with Gasteiger partial charge in [-0.15, -0.1) is 10.2 Å². The van der Waals surface area contributed by atoms with Gasteiger partial charge in [0.25, 0.3) is 5.91 Å². The molecule has 7 nitrogen and oxygen atoms in total. The first-order chi connectivity index (χ1) is 15.0. The van der Waals surface area contributed by atoms with E-state index in [0.29, 0.717) is 27.2 Å². The summed E-state index contributed by atoms with van der Waals surface area (Å²) in [5, 5.41) is 11.5. The van der Waals surface area contributed by atoms with Crippen molar-refractivity contribution in [3.8, 4) is 11.3 Å². The summed E-state index contributed by atoms with van der Waals surface area (Å²) in [4.78, 5) is 17.0. The number of pyridine rings is 1. The summed E-state index contributed by atoms with van der Waals surface area (Å²) < 4.78 is 14.1. The van der Waals surface area contributed by atoms with Gasteiger partial charge in [-0.3, -0.25) is 14.0 Å². The van der Waals surface area contributed by atoms with Crippen molar-refractivity contribution in [2.24, 2.45) is 7.05 Å². The molecule has 0 bridgehead atoms. The summed E-state index contributed by atoms with van der Waals surface area (Å²) in [6, 6.07) is 17.8. The highest BCUT2D eigenvalue weighted by Crippen LogP contribution is 2.29. The number of carbonyl (C=O) groups excluding carboxylic acids is 1. The van der Waals surface area contributed by atoms with Gasteiger partial charge < -0.3 is 9.88 Å². The summed E-state index contributed by atoms with van der Waals surface area (Å²) in [5.74, 6) is 0.0363. The van der Waals surface area contributed by atoms with Crippen molar-refractivity contribution in [1.29, 1.82) is 0 Å². The van der Waals surface area contributed by atoms with Crippen molar-refractivity contribution >= 4 is 34.0 Å². The van der Waals surface area contributed by atoms with E-state index in [1.54, 1.807) is 60.3 Å². The number of rotatable bonds is 6. The van der Waals surface area contributed by atoms with Crippen LogP contribution in [0, 0.1) is 0 Å². The zero-order valence-corrected chi connectivity index (χ0v) is 18.1. The Morgan fingerprint density at radius 2 is 1.94 bits per heavy atom. The van der Waals surface area contributed by atoms with Crippen LogP contribution in [-0.4, -0.2) is 29.9 Å². The highest BCUT2D eigenvalue weighted by Gasteiger charge is 2.13. The lowest BCUT2D eigenvalue weighted by molar-refractivity contribution is 0.102. The number of aromatic nitrogens is 4. The summed E-state index contributed by atoms with van der Waals surface area (Å²) in [5.41, 5.74) is 3.40. The van der Waals surface area contributed by atoms with Crippen molar-refractivity contribution in [1.82, 2.24) is 19.7 Å². The number of nitrogens with one attached hydrogen (secondary N) is 1. The van der Waals surface area contributed by atoms with E-state index in [-0.39, 0.29) is 5.91 Å². The number of carbonyl (C=O) groups is 1. The Labute approximate surface area is 186 Å². The first-order valence-corrected chi connectivity index (χ1v) is 11.0. The Balaban J connectivity index is 1.46. The molecule has 0 aliphatic heterocycles. The minimum atomic E-state index is -1.32. The lowest BCUT2D eigenvalue weighted by atomic mass is 10.1. The van der Waals surface area contributed by atoms with E-state index in [9.17, 15) is 9.00 Å². The Hall–Kier alpha value is -3.36. The van der Waals surface area contributed by atoms with Crippen LogP contribution in [0.1, 0.15) is 15.9 Å². The standard InChI is InChI=1S/C22H18ClN5O2S/c1-28-14-25-27-22(28)31(30)13-15-5-7-16(8-6-15)21(29)26-17-9-10-19(23)18(12-17)20-4-2-3-11-24-20/h2-12,14H,13H2,1H3,(H,26,29). The molecule has 0 radical (unpaired) electrons. The van der Waals surface area contributed by atoms with Gasteiger partial charge in [-0.1, -0.05) is 29.8 Å². The van der Waals surface area contributed by atoms with E-state index in [2.05, 4.69) is 20.5 Å². The van der Waals surface area contributed by atoms with Crippen molar-refractivity contribution in [3.63, 3.8) is 0 Å². The monoisotopic (exact) mass is 451 g/mol. The molecule has 1 atom stereocenters. The zero-order valence-electron chi connectivity index (χ0n) is 16.5. The molecule has 2 aromatic heterocycles. The average molecular weight is 452 g/mol. The number of hydrogen-bond acceptors (Lipinski definition) is 5. The Bertz CT molecular complexity index is 1240. The van der Waals surface area contributed by atoms with Crippen LogP contribution < -0.4 is 5.32 Å². The molecule has 1 unspecified atom stereocenters. The second-order valence-electron chi connectivity index (χ2n) is 6.77. The highest BCUT2D eigenvalue weighted by atomic mass is 35.5. The van der Waals surface area contributed by atoms with Crippen molar-refractivity contribution in [3.05, 3.63) is 89.3 Å². The molecule has 1 amide bonds. The van der Waals surface area contributed by atoms with Gasteiger partial charge in [-0.25, -0.2) is 0 Å². The second kappa shape index (κ2) is 9.20. The maximum absolute atomic E-state index is 12.7. The van der Waals surface area contributed by atoms with E-state index in [1.165, 1.54) is 6.33 Å². The van der Waals surface area contributed by atoms with Crippen LogP contribution in [0.5, 0.6) is 0 Å². The van der Waals surface area contributed by atoms with Crippen LogP contribution in [0.2, 0.25) is 5.02 Å². The van der Waals surface area contributed by atoms with Crippen molar-refractivity contribution in [2.75, 3.05) is 5.32 Å². The predicted octanol–water partition coefficient (Wildman–Crippen LogP) is 4.09. The predicted molar refractivity (Wildman–Crippen MR) is 120 cm³/mol. The van der Waals surface area contributed by atoms with E-state index in [1.807, 2.05) is 18.2 Å². The Kier molecular flexibility index (Phi) is 6.20. The fourth-order valence-electron chi connectivity index (χ4n) is 2.97. The lowest BCUT2D eigenvalue weighted by Gasteiger charge is -2.10. The number of nitrogens with zero attached hydrogens (tertiary/aromatic N) is 4. The maximum atomic E-state index is 12.7. The summed E-state index contributed by atoms with van der Waals surface area (Å²) >= 11 is 6.30. The molecule has 4 aromatic rings. The van der Waals surface area contributed by atoms with Crippen LogP contribution in [0.25, 0.3) is 11.3 Å². The van der Waals surface area contributed by atoms with Gasteiger partial charge in [0.1, 0.15) is 6.33 Å². The molecule has 0 saturated carbocycles. The summed E-state index contributed by atoms with van der Waals surface area (Å²) in [6.45, 7) is 0. The van der Waals surface area contributed by atoms with Crippen LogP contribution in [0.15, 0.2) is 78.3 Å². The van der Waals surface area contributed by atoms with E-state index >= 15 is 0 Å². The number of anilines is 1. The fourth-order valence-corrected chi connectivity index (χ4v) is 4.32. The molecule has 2 aromatic carbocycles. The van der Waals surface area contributed by atoms with E-state index in [4.69, 9.17) is 11.6 Å². The molecule has 0 aliphatic rings. The first kappa shape index (κ1) is 20.9. The molecular formula is C22H18ClN5O2S. The Morgan fingerprint density at radius 1 is 1.13 bits per heavy atom. The lowest BCUT2D eigenvalue weighted by Crippen LogP contribution is -2.12. The van der Waals surface area contributed by atoms with E-state index < -0.39 is 10.8 Å². The van der Waals surface area contributed by atoms with Crippen LogP contribution in [0.3, 0.4) is 0 Å². The third-order valence-electron chi connectivity index (χ3n) is 4.55. The van der Waals surface area contributed by atoms with Crippen molar-refractivity contribution < 1.29 is 9.00 Å². The maximum Gasteiger partial charge on any atom is 0.255 e. The quantitative estimate of drug-likeness (QED) is 0.477. The Morgan fingerprint density at radius 3 is 2.61 bits per heavy atom. The molecule has 0 saturated heterocycles. The molecule has 0 spiro atoms. The molecule has 0 fully saturated rings.